The Morgan fingerprint density at radius 1 is 1.19 bits per heavy atom. The predicted octanol–water partition coefficient (Wildman–Crippen LogP) is 3.61. The quantitative estimate of drug-likeness (QED) is 0.821. The molecule has 1 saturated carbocycles. The molecule has 0 unspecified atom stereocenters. The van der Waals surface area contributed by atoms with Crippen LogP contribution in [-0.4, -0.2) is 11.7 Å². The van der Waals surface area contributed by atoms with E-state index >= 15 is 0 Å². The van der Waals surface area contributed by atoms with Crippen molar-refractivity contribution < 1.29 is 5.11 Å². The summed E-state index contributed by atoms with van der Waals surface area (Å²) in [6.45, 7) is 4.47. The summed E-state index contributed by atoms with van der Waals surface area (Å²) >= 11 is 0. The molecule has 0 saturated heterocycles. The van der Waals surface area contributed by atoms with Crippen molar-refractivity contribution >= 4 is 0 Å². The van der Waals surface area contributed by atoms with Gasteiger partial charge < -0.3 is 5.11 Å². The molecular weight excluding hydrogens is 196 g/mol. The number of benzene rings is 1. The molecule has 1 aromatic rings. The molecule has 1 fully saturated rings. The van der Waals surface area contributed by atoms with Crippen molar-refractivity contribution in [1.82, 2.24) is 0 Å². The normalized spacial score (nSPS) is 17.9. The van der Waals surface area contributed by atoms with Gasteiger partial charge in [0, 0.05) is 5.41 Å². The SMILES string of the molecule is CC(C)(CO)c1ccccc1C1CCCC1. The van der Waals surface area contributed by atoms with Gasteiger partial charge in [-0.25, -0.2) is 0 Å². The standard InChI is InChI=1S/C15H22O/c1-15(2,11-16)14-10-6-5-9-13(14)12-7-3-4-8-12/h5-6,9-10,12,16H,3-4,7-8,11H2,1-2H3. The summed E-state index contributed by atoms with van der Waals surface area (Å²) in [6.07, 6.45) is 5.36. The van der Waals surface area contributed by atoms with E-state index in [0.717, 1.165) is 5.92 Å². The Bertz CT molecular complexity index is 348. The van der Waals surface area contributed by atoms with Crippen LogP contribution >= 0.6 is 0 Å². The van der Waals surface area contributed by atoms with E-state index in [4.69, 9.17) is 0 Å². The Labute approximate surface area is 98.5 Å². The van der Waals surface area contributed by atoms with Crippen molar-refractivity contribution in [2.24, 2.45) is 0 Å². The number of rotatable bonds is 3. The van der Waals surface area contributed by atoms with Gasteiger partial charge in [-0.3, -0.25) is 0 Å². The second-order valence-electron chi connectivity index (χ2n) is 5.61. The molecule has 88 valence electrons. The van der Waals surface area contributed by atoms with E-state index in [1.807, 2.05) is 0 Å². The molecule has 1 heteroatoms. The molecule has 2 rings (SSSR count). The molecule has 1 aromatic carbocycles. The summed E-state index contributed by atoms with van der Waals surface area (Å²) in [6, 6.07) is 8.66. The highest BCUT2D eigenvalue weighted by Gasteiger charge is 2.27. The van der Waals surface area contributed by atoms with E-state index in [-0.39, 0.29) is 12.0 Å². The van der Waals surface area contributed by atoms with E-state index in [1.165, 1.54) is 36.8 Å². The van der Waals surface area contributed by atoms with E-state index < -0.39 is 0 Å². The smallest absolute Gasteiger partial charge is 0.0522 e. The van der Waals surface area contributed by atoms with Gasteiger partial charge in [0.25, 0.3) is 0 Å². The van der Waals surface area contributed by atoms with Crippen molar-refractivity contribution in [1.29, 1.82) is 0 Å². The van der Waals surface area contributed by atoms with E-state index in [2.05, 4.69) is 38.1 Å². The zero-order valence-corrected chi connectivity index (χ0v) is 10.4. The van der Waals surface area contributed by atoms with Gasteiger partial charge >= 0.3 is 0 Å². The van der Waals surface area contributed by atoms with Gasteiger partial charge in [0.1, 0.15) is 0 Å². The molecule has 1 nitrogen and oxygen atoms in total. The molecule has 0 amide bonds. The van der Waals surface area contributed by atoms with Crippen LogP contribution in [-0.2, 0) is 5.41 Å². The van der Waals surface area contributed by atoms with Crippen LogP contribution < -0.4 is 0 Å². The third kappa shape index (κ3) is 2.15. The molecular formula is C15H22O. The Morgan fingerprint density at radius 3 is 2.44 bits per heavy atom. The highest BCUT2D eigenvalue weighted by molar-refractivity contribution is 5.36. The number of aliphatic hydroxyl groups excluding tert-OH is 1. The zero-order chi connectivity index (χ0) is 11.6. The fourth-order valence-electron chi connectivity index (χ4n) is 2.79. The molecule has 1 aliphatic carbocycles. The highest BCUT2D eigenvalue weighted by atomic mass is 16.3. The lowest BCUT2D eigenvalue weighted by atomic mass is 9.79. The monoisotopic (exact) mass is 218 g/mol. The Hall–Kier alpha value is -0.820. The third-order valence-electron chi connectivity index (χ3n) is 3.88. The Morgan fingerprint density at radius 2 is 1.81 bits per heavy atom. The first-order valence-corrected chi connectivity index (χ1v) is 6.35. The van der Waals surface area contributed by atoms with Gasteiger partial charge in [0.2, 0.25) is 0 Å². The molecule has 1 aliphatic rings. The van der Waals surface area contributed by atoms with Crippen LogP contribution in [0.4, 0.5) is 0 Å². The van der Waals surface area contributed by atoms with E-state index in [0.29, 0.717) is 0 Å². The summed E-state index contributed by atoms with van der Waals surface area (Å²) in [5.41, 5.74) is 2.70. The van der Waals surface area contributed by atoms with Crippen LogP contribution in [0.1, 0.15) is 56.6 Å². The first-order valence-electron chi connectivity index (χ1n) is 6.35. The molecule has 0 radical (unpaired) electrons. The lowest BCUT2D eigenvalue weighted by Crippen LogP contribution is -2.24. The van der Waals surface area contributed by atoms with Crippen LogP contribution in [0, 0.1) is 0 Å². The first kappa shape index (κ1) is 11.7. The highest BCUT2D eigenvalue weighted by Crippen LogP contribution is 2.39. The molecule has 0 heterocycles. The van der Waals surface area contributed by atoms with Crippen LogP contribution in [0.3, 0.4) is 0 Å². The molecule has 16 heavy (non-hydrogen) atoms. The molecule has 0 aliphatic heterocycles. The second kappa shape index (κ2) is 4.58. The third-order valence-corrected chi connectivity index (χ3v) is 3.88. The summed E-state index contributed by atoms with van der Waals surface area (Å²) in [5, 5.41) is 9.51. The van der Waals surface area contributed by atoms with E-state index in [9.17, 15) is 5.11 Å². The lowest BCUT2D eigenvalue weighted by molar-refractivity contribution is 0.217. The minimum atomic E-state index is -0.112. The number of aliphatic hydroxyl groups is 1. The van der Waals surface area contributed by atoms with Gasteiger partial charge in [0.05, 0.1) is 6.61 Å². The zero-order valence-electron chi connectivity index (χ0n) is 10.4. The number of hydrogen-bond donors (Lipinski definition) is 1. The maximum Gasteiger partial charge on any atom is 0.0522 e. The Kier molecular flexibility index (Phi) is 3.34. The predicted molar refractivity (Wildman–Crippen MR) is 67.8 cm³/mol. The topological polar surface area (TPSA) is 20.2 Å². The largest absolute Gasteiger partial charge is 0.395 e. The van der Waals surface area contributed by atoms with Crippen molar-refractivity contribution in [2.45, 2.75) is 50.9 Å². The lowest BCUT2D eigenvalue weighted by Gasteiger charge is -2.27. The van der Waals surface area contributed by atoms with E-state index in [1.54, 1.807) is 0 Å². The molecule has 1 N–H and O–H groups in total. The first-order chi connectivity index (χ1) is 7.65. The maximum atomic E-state index is 9.51. The minimum absolute atomic E-state index is 0.112. The number of hydrogen-bond acceptors (Lipinski definition) is 1. The fraction of sp³-hybridized carbons (Fsp3) is 0.600. The van der Waals surface area contributed by atoms with Crippen molar-refractivity contribution in [3.63, 3.8) is 0 Å². The van der Waals surface area contributed by atoms with Gasteiger partial charge in [-0.2, -0.15) is 0 Å². The van der Waals surface area contributed by atoms with Crippen LogP contribution in [0.25, 0.3) is 0 Å². The van der Waals surface area contributed by atoms with Crippen molar-refractivity contribution in [3.05, 3.63) is 35.4 Å². The molecule has 0 atom stereocenters. The average Bonchev–Trinajstić information content (AvgIpc) is 2.82. The van der Waals surface area contributed by atoms with Crippen molar-refractivity contribution in [3.8, 4) is 0 Å². The maximum absolute atomic E-state index is 9.51. The van der Waals surface area contributed by atoms with Gasteiger partial charge in [-0.15, -0.1) is 0 Å². The molecule has 0 spiro atoms. The second-order valence-corrected chi connectivity index (χ2v) is 5.61. The summed E-state index contributed by atoms with van der Waals surface area (Å²) in [7, 11) is 0. The molecule has 0 aromatic heterocycles. The summed E-state index contributed by atoms with van der Waals surface area (Å²) < 4.78 is 0. The van der Waals surface area contributed by atoms with Gasteiger partial charge in [0.15, 0.2) is 0 Å². The summed E-state index contributed by atoms with van der Waals surface area (Å²) in [4.78, 5) is 0. The Balaban J connectivity index is 2.37. The van der Waals surface area contributed by atoms with Crippen LogP contribution in [0.15, 0.2) is 24.3 Å². The van der Waals surface area contributed by atoms with Gasteiger partial charge in [-0.05, 0) is 29.9 Å². The fourth-order valence-corrected chi connectivity index (χ4v) is 2.79. The van der Waals surface area contributed by atoms with Crippen LogP contribution in [0.2, 0.25) is 0 Å². The van der Waals surface area contributed by atoms with Gasteiger partial charge in [-0.1, -0.05) is 51.0 Å². The van der Waals surface area contributed by atoms with Crippen LogP contribution in [0.5, 0.6) is 0 Å². The average molecular weight is 218 g/mol. The van der Waals surface area contributed by atoms with Crippen molar-refractivity contribution in [2.75, 3.05) is 6.61 Å². The summed E-state index contributed by atoms with van der Waals surface area (Å²) in [5.74, 6) is 0.724. The molecule has 0 bridgehead atoms. The minimum Gasteiger partial charge on any atom is -0.395 e.